The Balaban J connectivity index is 2.97. The third kappa shape index (κ3) is 3.21. The smallest absolute Gasteiger partial charge is 0.0994 e. The Labute approximate surface area is 104 Å². The molecule has 0 saturated carbocycles. The number of aryl methyl sites for hydroxylation is 1. The van der Waals surface area contributed by atoms with Gasteiger partial charge in [0.25, 0.3) is 0 Å². The average Bonchev–Trinajstić information content (AvgIpc) is 2.30. The van der Waals surface area contributed by atoms with Gasteiger partial charge in [0.2, 0.25) is 0 Å². The summed E-state index contributed by atoms with van der Waals surface area (Å²) in [6, 6.07) is 8.47. The second-order valence-corrected chi connectivity index (χ2v) is 4.20. The van der Waals surface area contributed by atoms with E-state index in [2.05, 4.69) is 30.9 Å². The van der Waals surface area contributed by atoms with Gasteiger partial charge >= 0.3 is 0 Å². The van der Waals surface area contributed by atoms with Gasteiger partial charge in [0.05, 0.1) is 18.2 Å². The van der Waals surface area contributed by atoms with Crippen LogP contribution in [0.1, 0.15) is 25.0 Å². The first-order valence-corrected chi connectivity index (χ1v) is 5.90. The molecule has 92 valence electrons. The lowest BCUT2D eigenvalue weighted by molar-refractivity contribution is 0.182. The molecular formula is C14H20N2O. The lowest BCUT2D eigenvalue weighted by Gasteiger charge is -2.30. The van der Waals surface area contributed by atoms with Gasteiger partial charge in [-0.1, -0.05) is 0 Å². The van der Waals surface area contributed by atoms with Crippen molar-refractivity contribution in [2.24, 2.45) is 0 Å². The number of rotatable bonds is 5. The Morgan fingerprint density at radius 2 is 2.18 bits per heavy atom. The number of benzene rings is 1. The van der Waals surface area contributed by atoms with Crippen molar-refractivity contribution in [1.29, 1.82) is 5.26 Å². The number of nitriles is 1. The molecule has 0 heterocycles. The second-order valence-electron chi connectivity index (χ2n) is 4.20. The van der Waals surface area contributed by atoms with Crippen molar-refractivity contribution in [1.82, 2.24) is 0 Å². The highest BCUT2D eigenvalue weighted by Crippen LogP contribution is 2.20. The first-order chi connectivity index (χ1) is 8.13. The third-order valence-electron chi connectivity index (χ3n) is 2.94. The maximum Gasteiger partial charge on any atom is 0.0994 e. The van der Waals surface area contributed by atoms with Gasteiger partial charge in [-0.3, -0.25) is 0 Å². The highest BCUT2D eigenvalue weighted by atomic mass is 16.5. The zero-order chi connectivity index (χ0) is 12.8. The van der Waals surface area contributed by atoms with E-state index in [-0.39, 0.29) is 0 Å². The van der Waals surface area contributed by atoms with Crippen LogP contribution in [-0.2, 0) is 4.74 Å². The Morgan fingerprint density at radius 1 is 1.47 bits per heavy atom. The van der Waals surface area contributed by atoms with E-state index < -0.39 is 0 Å². The molecule has 3 nitrogen and oxygen atoms in total. The van der Waals surface area contributed by atoms with E-state index in [0.29, 0.717) is 12.6 Å². The van der Waals surface area contributed by atoms with Crippen LogP contribution in [0.2, 0.25) is 0 Å². The SMILES string of the molecule is CCN(c1ccc(C#N)c(C)c1)C(C)COC. The first-order valence-electron chi connectivity index (χ1n) is 5.90. The average molecular weight is 232 g/mol. The number of likely N-dealkylation sites (N-methyl/N-ethyl adjacent to an activating group) is 1. The Bertz CT molecular complexity index is 409. The van der Waals surface area contributed by atoms with Gasteiger partial charge in [-0.05, 0) is 44.5 Å². The minimum absolute atomic E-state index is 0.331. The topological polar surface area (TPSA) is 36.3 Å². The maximum atomic E-state index is 8.91. The number of nitrogens with zero attached hydrogens (tertiary/aromatic N) is 2. The van der Waals surface area contributed by atoms with Crippen molar-refractivity contribution in [2.75, 3.05) is 25.2 Å². The van der Waals surface area contributed by atoms with Gasteiger partial charge in [0, 0.05) is 25.4 Å². The number of methoxy groups -OCH3 is 1. The Kier molecular flexibility index (Phi) is 4.99. The summed E-state index contributed by atoms with van der Waals surface area (Å²) in [5.74, 6) is 0. The molecule has 3 heteroatoms. The summed E-state index contributed by atoms with van der Waals surface area (Å²) in [6.07, 6.45) is 0. The molecule has 1 unspecified atom stereocenters. The van der Waals surface area contributed by atoms with Crippen molar-refractivity contribution in [2.45, 2.75) is 26.8 Å². The van der Waals surface area contributed by atoms with Crippen LogP contribution in [-0.4, -0.2) is 26.3 Å². The summed E-state index contributed by atoms with van der Waals surface area (Å²) < 4.78 is 5.19. The summed E-state index contributed by atoms with van der Waals surface area (Å²) >= 11 is 0. The van der Waals surface area contributed by atoms with Gasteiger partial charge in [-0.25, -0.2) is 0 Å². The fourth-order valence-corrected chi connectivity index (χ4v) is 2.03. The second kappa shape index (κ2) is 6.27. The Hall–Kier alpha value is -1.53. The number of hydrogen-bond acceptors (Lipinski definition) is 3. The van der Waals surface area contributed by atoms with Crippen molar-refractivity contribution < 1.29 is 4.74 Å². The lowest BCUT2D eigenvalue weighted by Crippen LogP contribution is -2.36. The van der Waals surface area contributed by atoms with Crippen LogP contribution in [0.4, 0.5) is 5.69 Å². The predicted octanol–water partition coefficient (Wildman–Crippen LogP) is 2.73. The summed E-state index contributed by atoms with van der Waals surface area (Å²) in [4.78, 5) is 2.28. The van der Waals surface area contributed by atoms with E-state index >= 15 is 0 Å². The fraction of sp³-hybridized carbons (Fsp3) is 0.500. The minimum atomic E-state index is 0.331. The molecule has 0 aliphatic heterocycles. The normalized spacial score (nSPS) is 11.9. The summed E-state index contributed by atoms with van der Waals surface area (Å²) in [7, 11) is 1.72. The summed E-state index contributed by atoms with van der Waals surface area (Å²) in [6.45, 7) is 7.86. The summed E-state index contributed by atoms with van der Waals surface area (Å²) in [5.41, 5.74) is 2.91. The quantitative estimate of drug-likeness (QED) is 0.783. The molecule has 0 spiro atoms. The molecular weight excluding hydrogens is 212 g/mol. The molecule has 1 aromatic carbocycles. The zero-order valence-electron chi connectivity index (χ0n) is 11.0. The van der Waals surface area contributed by atoms with Gasteiger partial charge in [0.1, 0.15) is 0 Å². The van der Waals surface area contributed by atoms with Crippen LogP contribution in [0.5, 0.6) is 0 Å². The molecule has 0 radical (unpaired) electrons. The molecule has 0 aromatic heterocycles. The largest absolute Gasteiger partial charge is 0.383 e. The highest BCUT2D eigenvalue weighted by molar-refractivity contribution is 5.54. The van der Waals surface area contributed by atoms with Crippen molar-refractivity contribution in [3.63, 3.8) is 0 Å². The fourth-order valence-electron chi connectivity index (χ4n) is 2.03. The monoisotopic (exact) mass is 232 g/mol. The van der Waals surface area contributed by atoms with Crippen LogP contribution >= 0.6 is 0 Å². The van der Waals surface area contributed by atoms with E-state index in [4.69, 9.17) is 10.00 Å². The molecule has 0 saturated heterocycles. The van der Waals surface area contributed by atoms with Crippen molar-refractivity contribution in [3.05, 3.63) is 29.3 Å². The van der Waals surface area contributed by atoms with Crippen LogP contribution in [0.15, 0.2) is 18.2 Å². The third-order valence-corrected chi connectivity index (χ3v) is 2.94. The van der Waals surface area contributed by atoms with Crippen LogP contribution in [0, 0.1) is 18.3 Å². The van der Waals surface area contributed by atoms with Crippen LogP contribution in [0.25, 0.3) is 0 Å². The maximum absolute atomic E-state index is 8.91. The molecule has 0 aliphatic rings. The lowest BCUT2D eigenvalue weighted by atomic mass is 10.1. The highest BCUT2D eigenvalue weighted by Gasteiger charge is 2.13. The first kappa shape index (κ1) is 13.5. The van der Waals surface area contributed by atoms with E-state index in [1.165, 1.54) is 0 Å². The van der Waals surface area contributed by atoms with E-state index in [9.17, 15) is 0 Å². The van der Waals surface area contributed by atoms with Gasteiger partial charge in [0.15, 0.2) is 0 Å². The summed E-state index contributed by atoms with van der Waals surface area (Å²) in [5, 5.41) is 8.91. The van der Waals surface area contributed by atoms with Crippen molar-refractivity contribution >= 4 is 5.69 Å². The standard InChI is InChI=1S/C14H20N2O/c1-5-16(12(3)10-17-4)14-7-6-13(9-15)11(2)8-14/h6-8,12H,5,10H2,1-4H3. The van der Waals surface area contributed by atoms with Gasteiger partial charge in [-0.15, -0.1) is 0 Å². The molecule has 1 atom stereocenters. The van der Waals surface area contributed by atoms with E-state index in [1.807, 2.05) is 19.1 Å². The molecule has 0 bridgehead atoms. The minimum Gasteiger partial charge on any atom is -0.383 e. The van der Waals surface area contributed by atoms with Crippen LogP contribution < -0.4 is 4.90 Å². The molecule has 0 aliphatic carbocycles. The number of anilines is 1. The molecule has 0 fully saturated rings. The van der Waals surface area contributed by atoms with E-state index in [1.54, 1.807) is 7.11 Å². The molecule has 1 aromatic rings. The molecule has 0 N–H and O–H groups in total. The van der Waals surface area contributed by atoms with Gasteiger partial charge in [-0.2, -0.15) is 5.26 Å². The van der Waals surface area contributed by atoms with Gasteiger partial charge < -0.3 is 9.64 Å². The molecule has 1 rings (SSSR count). The Morgan fingerprint density at radius 3 is 2.65 bits per heavy atom. The predicted molar refractivity (Wildman–Crippen MR) is 70.3 cm³/mol. The molecule has 0 amide bonds. The number of ether oxygens (including phenoxy) is 1. The molecule has 17 heavy (non-hydrogen) atoms. The zero-order valence-corrected chi connectivity index (χ0v) is 11.0. The van der Waals surface area contributed by atoms with Crippen molar-refractivity contribution in [3.8, 4) is 6.07 Å². The van der Waals surface area contributed by atoms with Crippen LogP contribution in [0.3, 0.4) is 0 Å². The number of hydrogen-bond donors (Lipinski definition) is 0. The van der Waals surface area contributed by atoms with E-state index in [0.717, 1.165) is 23.4 Å².